The Hall–Kier alpha value is 0.01000. The van der Waals surface area contributed by atoms with Gasteiger partial charge in [-0.05, 0) is 18.9 Å². The van der Waals surface area contributed by atoms with Crippen molar-refractivity contribution in [1.29, 1.82) is 0 Å². The Morgan fingerprint density at radius 1 is 1.00 bits per heavy atom. The standard InChI is InChI=1S/C13H14S3/c14-10-6-2-1-5-9(10)13-15-11-7-3-4-8-12(11)16-13/h1-2,5-6,11-12H,3-4,7-8H2. The fraction of sp³-hybridized carbons (Fsp3) is 0.462. The molecule has 0 radical (unpaired) electrons. The average Bonchev–Trinajstić information content (AvgIpc) is 2.73. The van der Waals surface area contributed by atoms with Crippen LogP contribution in [0.2, 0.25) is 0 Å². The van der Waals surface area contributed by atoms with Crippen LogP contribution in [0.25, 0.3) is 0 Å². The van der Waals surface area contributed by atoms with Crippen LogP contribution >= 0.6 is 35.7 Å². The molecule has 3 rings (SSSR count). The predicted octanol–water partition coefficient (Wildman–Crippen LogP) is 4.49. The number of hydrogen-bond donors (Lipinski definition) is 0. The molecule has 3 heteroatoms. The summed E-state index contributed by atoms with van der Waals surface area (Å²) < 4.78 is 1.47. The molecule has 3 aliphatic rings. The minimum atomic E-state index is 0.850. The van der Waals surface area contributed by atoms with Crippen molar-refractivity contribution in [2.24, 2.45) is 0 Å². The Labute approximate surface area is 111 Å². The Morgan fingerprint density at radius 3 is 2.25 bits per heavy atom. The molecular weight excluding hydrogens is 252 g/mol. The summed E-state index contributed by atoms with van der Waals surface area (Å²) in [5.74, 6) is 0. The summed E-state index contributed by atoms with van der Waals surface area (Å²) in [5, 5.41) is 1.70. The first-order chi connectivity index (χ1) is 7.84. The van der Waals surface area contributed by atoms with E-state index in [-0.39, 0.29) is 0 Å². The van der Waals surface area contributed by atoms with Crippen LogP contribution in [0.1, 0.15) is 25.7 Å². The fourth-order valence-corrected chi connectivity index (χ4v) is 6.38. The largest absolute Gasteiger partial charge is 0.114 e. The number of fused-ring (bicyclic) bond motifs is 1. The minimum absolute atomic E-state index is 0.850. The maximum absolute atomic E-state index is 5.41. The van der Waals surface area contributed by atoms with Gasteiger partial charge in [0.25, 0.3) is 0 Å². The van der Waals surface area contributed by atoms with E-state index in [1.807, 2.05) is 12.2 Å². The summed E-state index contributed by atoms with van der Waals surface area (Å²) in [7, 11) is 0. The van der Waals surface area contributed by atoms with Crippen molar-refractivity contribution in [3.05, 3.63) is 34.1 Å². The van der Waals surface area contributed by atoms with E-state index in [2.05, 4.69) is 35.7 Å². The van der Waals surface area contributed by atoms with Gasteiger partial charge in [-0.2, -0.15) is 0 Å². The van der Waals surface area contributed by atoms with Gasteiger partial charge >= 0.3 is 0 Å². The van der Waals surface area contributed by atoms with Crippen molar-refractivity contribution in [1.82, 2.24) is 0 Å². The zero-order chi connectivity index (χ0) is 11.0. The van der Waals surface area contributed by atoms with Crippen LogP contribution in [-0.2, 0) is 0 Å². The molecule has 84 valence electrons. The van der Waals surface area contributed by atoms with E-state index in [9.17, 15) is 0 Å². The van der Waals surface area contributed by atoms with Crippen molar-refractivity contribution in [2.45, 2.75) is 36.2 Å². The molecule has 16 heavy (non-hydrogen) atoms. The molecule has 0 aromatic heterocycles. The van der Waals surface area contributed by atoms with Crippen LogP contribution in [0.5, 0.6) is 0 Å². The number of allylic oxidation sites excluding steroid dienone is 5. The van der Waals surface area contributed by atoms with Crippen molar-refractivity contribution in [3.63, 3.8) is 0 Å². The van der Waals surface area contributed by atoms with Crippen LogP contribution in [-0.4, -0.2) is 15.4 Å². The summed E-state index contributed by atoms with van der Waals surface area (Å²) in [6.07, 6.45) is 14.0. The van der Waals surface area contributed by atoms with Crippen molar-refractivity contribution in [3.8, 4) is 0 Å². The molecule has 0 aromatic rings. The molecule has 2 atom stereocenters. The van der Waals surface area contributed by atoms with Gasteiger partial charge in [-0.3, -0.25) is 0 Å². The summed E-state index contributed by atoms with van der Waals surface area (Å²) in [6, 6.07) is 0. The molecule has 0 bridgehead atoms. The fourth-order valence-electron chi connectivity index (χ4n) is 2.40. The SMILES string of the molecule is S=C1C=CC=CC1=C1SC2CCCCC2S1. The molecule has 1 saturated carbocycles. The van der Waals surface area contributed by atoms with Gasteiger partial charge in [0.2, 0.25) is 0 Å². The number of hydrogen-bond acceptors (Lipinski definition) is 3. The van der Waals surface area contributed by atoms with E-state index in [1.54, 1.807) is 0 Å². The Kier molecular flexibility index (Phi) is 3.27. The summed E-state index contributed by atoms with van der Waals surface area (Å²) >= 11 is 9.56. The lowest BCUT2D eigenvalue weighted by molar-refractivity contribution is 0.532. The van der Waals surface area contributed by atoms with Crippen LogP contribution in [0.15, 0.2) is 34.1 Å². The maximum Gasteiger partial charge on any atom is 0.0494 e. The van der Waals surface area contributed by atoms with Gasteiger partial charge in [-0.1, -0.05) is 43.3 Å². The van der Waals surface area contributed by atoms with E-state index < -0.39 is 0 Å². The van der Waals surface area contributed by atoms with Crippen LogP contribution in [0.4, 0.5) is 0 Å². The maximum atomic E-state index is 5.41. The molecule has 1 saturated heterocycles. The zero-order valence-corrected chi connectivity index (χ0v) is 11.5. The number of thiocarbonyl (C=S) groups is 1. The molecule has 2 unspecified atom stereocenters. The molecule has 2 aliphatic carbocycles. The first-order valence-corrected chi connectivity index (χ1v) is 7.98. The highest BCUT2D eigenvalue weighted by Gasteiger charge is 2.35. The van der Waals surface area contributed by atoms with Crippen molar-refractivity contribution >= 4 is 40.6 Å². The smallest absolute Gasteiger partial charge is 0.0494 e. The molecule has 0 amide bonds. The van der Waals surface area contributed by atoms with Crippen LogP contribution in [0, 0.1) is 0 Å². The zero-order valence-electron chi connectivity index (χ0n) is 9.02. The van der Waals surface area contributed by atoms with E-state index in [1.165, 1.54) is 35.5 Å². The normalized spacial score (nSPS) is 33.4. The number of rotatable bonds is 0. The van der Waals surface area contributed by atoms with E-state index in [0.29, 0.717) is 0 Å². The van der Waals surface area contributed by atoms with Gasteiger partial charge in [0.05, 0.1) is 0 Å². The molecular formula is C13H14S3. The number of thioether (sulfide) groups is 2. The van der Waals surface area contributed by atoms with Gasteiger partial charge in [-0.25, -0.2) is 0 Å². The first kappa shape index (κ1) is 11.1. The quantitative estimate of drug-likeness (QED) is 0.468. The summed E-state index contributed by atoms with van der Waals surface area (Å²) in [6.45, 7) is 0. The highest BCUT2D eigenvalue weighted by atomic mass is 32.2. The third-order valence-electron chi connectivity index (χ3n) is 3.27. The Balaban J connectivity index is 1.86. The van der Waals surface area contributed by atoms with Crippen molar-refractivity contribution in [2.75, 3.05) is 0 Å². The molecule has 1 aliphatic heterocycles. The molecule has 1 heterocycles. The first-order valence-electron chi connectivity index (χ1n) is 5.81. The Morgan fingerprint density at radius 2 is 1.62 bits per heavy atom. The lowest BCUT2D eigenvalue weighted by Gasteiger charge is -2.21. The average molecular weight is 266 g/mol. The monoisotopic (exact) mass is 266 g/mol. The molecule has 0 spiro atoms. The lowest BCUT2D eigenvalue weighted by Crippen LogP contribution is -2.19. The second-order valence-corrected chi connectivity index (χ2v) is 7.58. The Bertz CT molecular complexity index is 387. The molecule has 2 fully saturated rings. The van der Waals surface area contributed by atoms with Crippen LogP contribution in [0.3, 0.4) is 0 Å². The minimum Gasteiger partial charge on any atom is -0.114 e. The van der Waals surface area contributed by atoms with E-state index in [0.717, 1.165) is 15.4 Å². The third-order valence-corrected chi connectivity index (χ3v) is 6.97. The van der Waals surface area contributed by atoms with Gasteiger partial charge in [0.15, 0.2) is 0 Å². The molecule has 0 nitrogen and oxygen atoms in total. The highest BCUT2D eigenvalue weighted by Crippen LogP contribution is 2.53. The lowest BCUT2D eigenvalue weighted by atomic mass is 10.00. The van der Waals surface area contributed by atoms with Crippen LogP contribution < -0.4 is 0 Å². The summed E-state index contributed by atoms with van der Waals surface area (Å²) in [4.78, 5) is 1.01. The van der Waals surface area contributed by atoms with E-state index >= 15 is 0 Å². The second kappa shape index (κ2) is 4.71. The van der Waals surface area contributed by atoms with Gasteiger partial charge in [0.1, 0.15) is 0 Å². The molecule has 0 aromatic carbocycles. The van der Waals surface area contributed by atoms with Gasteiger partial charge in [0, 0.05) is 25.2 Å². The second-order valence-electron chi connectivity index (χ2n) is 4.38. The van der Waals surface area contributed by atoms with Crippen molar-refractivity contribution < 1.29 is 0 Å². The summed E-state index contributed by atoms with van der Waals surface area (Å²) in [5.41, 5.74) is 1.29. The van der Waals surface area contributed by atoms with E-state index in [4.69, 9.17) is 12.2 Å². The highest BCUT2D eigenvalue weighted by molar-refractivity contribution is 8.26. The third kappa shape index (κ3) is 2.05. The van der Waals surface area contributed by atoms with Gasteiger partial charge < -0.3 is 0 Å². The molecule has 0 N–H and O–H groups in total. The topological polar surface area (TPSA) is 0 Å². The van der Waals surface area contributed by atoms with Gasteiger partial charge in [-0.15, -0.1) is 23.5 Å². The predicted molar refractivity (Wildman–Crippen MR) is 79.1 cm³/mol.